The van der Waals surface area contributed by atoms with Gasteiger partial charge < -0.3 is 4.57 Å². The standard InChI is InChI=1S/C56H34N6S/c1-3-12-35(13-4-1)48-33-55(60-56(59-48)36-14-5-2-6-15-36)62-50-21-10-8-17-41(50)43-31-38(23-26-52(43)62)47-19-11-18-46(58-47)37-22-25-51-42(30-37)40-16-7-9-20-49(40)61(51)39-24-27-53-44(32-39)45-34-57-29-28-54(45)63-53/h1-34H. The molecule has 0 fully saturated rings. The van der Waals surface area contributed by atoms with E-state index in [4.69, 9.17) is 15.0 Å². The molecule has 0 N–H and O–H groups in total. The molecule has 6 heterocycles. The number of pyridine rings is 2. The average Bonchev–Trinajstić information content (AvgIpc) is 4.01. The van der Waals surface area contributed by atoms with Crippen LogP contribution in [0.1, 0.15) is 0 Å². The zero-order valence-corrected chi connectivity index (χ0v) is 34.5. The maximum atomic E-state index is 5.33. The van der Waals surface area contributed by atoms with Gasteiger partial charge >= 0.3 is 0 Å². The molecule has 13 rings (SSSR count). The molecule has 0 atom stereocenters. The number of hydrogen-bond donors (Lipinski definition) is 0. The molecule has 0 unspecified atom stereocenters. The highest BCUT2D eigenvalue weighted by atomic mass is 32.1. The Labute approximate surface area is 365 Å². The fourth-order valence-electron chi connectivity index (χ4n) is 9.32. The summed E-state index contributed by atoms with van der Waals surface area (Å²) in [4.78, 5) is 20.0. The van der Waals surface area contributed by atoms with Crippen LogP contribution in [0.2, 0.25) is 0 Å². The number of aromatic nitrogens is 6. The lowest BCUT2D eigenvalue weighted by atomic mass is 10.0. The van der Waals surface area contributed by atoms with Gasteiger partial charge in [0.15, 0.2) is 5.82 Å². The smallest absolute Gasteiger partial charge is 0.162 e. The summed E-state index contributed by atoms with van der Waals surface area (Å²) in [5.74, 6) is 1.50. The van der Waals surface area contributed by atoms with Crippen molar-refractivity contribution in [3.8, 4) is 56.7 Å². The summed E-state index contributed by atoms with van der Waals surface area (Å²) in [6.07, 6.45) is 3.85. The van der Waals surface area contributed by atoms with Gasteiger partial charge in [-0.15, -0.1) is 11.3 Å². The lowest BCUT2D eigenvalue weighted by Gasteiger charge is -2.12. The first-order chi connectivity index (χ1) is 31.2. The van der Waals surface area contributed by atoms with Crippen LogP contribution >= 0.6 is 11.3 Å². The first-order valence-corrected chi connectivity index (χ1v) is 21.8. The minimum atomic E-state index is 0.685. The number of thiophene rings is 1. The number of rotatable bonds is 6. The third-order valence-corrected chi connectivity index (χ3v) is 13.4. The van der Waals surface area contributed by atoms with Crippen LogP contribution in [0.5, 0.6) is 0 Å². The minimum Gasteiger partial charge on any atom is -0.309 e. The van der Waals surface area contributed by atoms with Gasteiger partial charge in [0.25, 0.3) is 0 Å². The van der Waals surface area contributed by atoms with E-state index >= 15 is 0 Å². The van der Waals surface area contributed by atoms with E-state index < -0.39 is 0 Å². The predicted octanol–water partition coefficient (Wildman–Crippen LogP) is 14.5. The SMILES string of the molecule is c1ccc(-c2cc(-n3c4ccccc4c4cc(-c5cccc(-c6ccc7c(c6)c6ccccc6n7-c6ccc7sc8ccncc8c7c6)n5)ccc43)nc(-c3ccccc3)n2)cc1. The summed E-state index contributed by atoms with van der Waals surface area (Å²) in [5, 5.41) is 7.11. The third-order valence-electron chi connectivity index (χ3n) is 12.2. The zero-order chi connectivity index (χ0) is 41.4. The molecule has 0 saturated heterocycles. The van der Waals surface area contributed by atoms with Crippen LogP contribution < -0.4 is 0 Å². The molecule has 0 amide bonds. The Hall–Kier alpha value is -8.26. The number of nitrogens with zero attached hydrogens (tertiary/aromatic N) is 6. The van der Waals surface area contributed by atoms with Gasteiger partial charge in [-0.1, -0.05) is 115 Å². The van der Waals surface area contributed by atoms with Gasteiger partial charge in [0.2, 0.25) is 0 Å². The summed E-state index contributed by atoms with van der Waals surface area (Å²) in [5.41, 5.74) is 12.5. The Bertz CT molecular complexity index is 3860. The van der Waals surface area contributed by atoms with E-state index in [1.54, 1.807) is 0 Å². The molecule has 7 heteroatoms. The second kappa shape index (κ2) is 14.2. The number of para-hydroxylation sites is 2. The topological polar surface area (TPSA) is 61.4 Å². The van der Waals surface area contributed by atoms with Gasteiger partial charge in [0, 0.05) is 88.1 Å². The van der Waals surface area contributed by atoms with Crippen LogP contribution in [0, 0.1) is 0 Å². The Balaban J connectivity index is 0.920. The summed E-state index contributed by atoms with van der Waals surface area (Å²) in [6, 6.07) is 68.6. The Morgan fingerprint density at radius 1 is 0.349 bits per heavy atom. The van der Waals surface area contributed by atoms with Gasteiger partial charge in [0.05, 0.1) is 39.1 Å². The van der Waals surface area contributed by atoms with Gasteiger partial charge in [-0.25, -0.2) is 15.0 Å². The van der Waals surface area contributed by atoms with Crippen molar-refractivity contribution in [1.82, 2.24) is 29.1 Å². The van der Waals surface area contributed by atoms with Gasteiger partial charge in [0.1, 0.15) is 5.82 Å². The molecular weight excluding hydrogens is 789 g/mol. The monoisotopic (exact) mass is 822 g/mol. The van der Waals surface area contributed by atoms with Crippen molar-refractivity contribution in [2.75, 3.05) is 0 Å². The number of fused-ring (bicyclic) bond motifs is 9. The van der Waals surface area contributed by atoms with Gasteiger partial charge in [-0.05, 0) is 72.8 Å². The molecule has 0 spiro atoms. The Morgan fingerprint density at radius 3 is 1.67 bits per heavy atom. The second-order valence-electron chi connectivity index (χ2n) is 15.9. The van der Waals surface area contributed by atoms with Crippen molar-refractivity contribution in [1.29, 1.82) is 0 Å². The maximum Gasteiger partial charge on any atom is 0.162 e. The van der Waals surface area contributed by atoms with Crippen LogP contribution in [0.3, 0.4) is 0 Å². The van der Waals surface area contributed by atoms with E-state index in [2.05, 4.69) is 172 Å². The quantitative estimate of drug-likeness (QED) is 0.168. The van der Waals surface area contributed by atoms with E-state index in [1.165, 1.54) is 36.5 Å². The Morgan fingerprint density at radius 2 is 0.952 bits per heavy atom. The van der Waals surface area contributed by atoms with Crippen LogP contribution in [-0.4, -0.2) is 29.1 Å². The van der Waals surface area contributed by atoms with Crippen molar-refractivity contribution in [3.05, 3.63) is 207 Å². The maximum absolute atomic E-state index is 5.33. The van der Waals surface area contributed by atoms with Crippen molar-refractivity contribution >= 4 is 75.1 Å². The predicted molar refractivity (Wildman–Crippen MR) is 261 cm³/mol. The highest BCUT2D eigenvalue weighted by molar-refractivity contribution is 7.25. The zero-order valence-electron chi connectivity index (χ0n) is 33.7. The van der Waals surface area contributed by atoms with Crippen molar-refractivity contribution in [2.45, 2.75) is 0 Å². The lowest BCUT2D eigenvalue weighted by molar-refractivity contribution is 1.05. The van der Waals surface area contributed by atoms with Crippen molar-refractivity contribution in [2.24, 2.45) is 0 Å². The summed E-state index contributed by atoms with van der Waals surface area (Å²) in [6.45, 7) is 0. The molecule has 63 heavy (non-hydrogen) atoms. The van der Waals surface area contributed by atoms with E-state index in [-0.39, 0.29) is 0 Å². The van der Waals surface area contributed by atoms with E-state index in [0.717, 1.165) is 78.2 Å². The first kappa shape index (κ1) is 35.5. The van der Waals surface area contributed by atoms with E-state index in [9.17, 15) is 0 Å². The summed E-state index contributed by atoms with van der Waals surface area (Å²) >= 11 is 1.81. The third kappa shape index (κ3) is 5.78. The highest BCUT2D eigenvalue weighted by Gasteiger charge is 2.19. The molecule has 294 valence electrons. The van der Waals surface area contributed by atoms with Crippen LogP contribution in [-0.2, 0) is 0 Å². The molecular formula is C56H34N6S. The molecule has 13 aromatic rings. The molecule has 0 saturated carbocycles. The molecule has 6 nitrogen and oxygen atoms in total. The minimum absolute atomic E-state index is 0.685. The second-order valence-corrected chi connectivity index (χ2v) is 17.0. The number of hydrogen-bond acceptors (Lipinski definition) is 5. The van der Waals surface area contributed by atoms with Crippen LogP contribution in [0.4, 0.5) is 0 Å². The Kier molecular flexibility index (Phi) is 7.98. The van der Waals surface area contributed by atoms with Crippen molar-refractivity contribution in [3.63, 3.8) is 0 Å². The van der Waals surface area contributed by atoms with Gasteiger partial charge in [-0.2, -0.15) is 0 Å². The molecule has 0 bridgehead atoms. The summed E-state index contributed by atoms with van der Waals surface area (Å²) < 4.78 is 7.17. The molecule has 0 aliphatic rings. The van der Waals surface area contributed by atoms with Crippen LogP contribution in [0.15, 0.2) is 207 Å². The first-order valence-electron chi connectivity index (χ1n) is 21.0. The molecule has 0 aliphatic carbocycles. The summed E-state index contributed by atoms with van der Waals surface area (Å²) in [7, 11) is 0. The van der Waals surface area contributed by atoms with E-state index in [0.29, 0.717) is 5.82 Å². The van der Waals surface area contributed by atoms with Crippen LogP contribution in [0.25, 0.3) is 120 Å². The van der Waals surface area contributed by atoms with E-state index in [1.807, 2.05) is 60.1 Å². The molecule has 0 aliphatic heterocycles. The molecule has 7 aromatic carbocycles. The fraction of sp³-hybridized carbons (Fsp3) is 0. The molecule has 6 aromatic heterocycles. The average molecular weight is 823 g/mol. The normalized spacial score (nSPS) is 11.8. The molecule has 0 radical (unpaired) electrons. The number of benzene rings is 7. The highest BCUT2D eigenvalue weighted by Crippen LogP contribution is 2.40. The largest absolute Gasteiger partial charge is 0.309 e. The van der Waals surface area contributed by atoms with Crippen molar-refractivity contribution < 1.29 is 0 Å². The fourth-order valence-corrected chi connectivity index (χ4v) is 10.4. The van der Waals surface area contributed by atoms with Gasteiger partial charge in [-0.3, -0.25) is 9.55 Å². The lowest BCUT2D eigenvalue weighted by Crippen LogP contribution is -2.02.